The van der Waals surface area contributed by atoms with E-state index in [4.69, 9.17) is 5.73 Å². The van der Waals surface area contributed by atoms with Gasteiger partial charge in [0, 0.05) is 0 Å². The number of anilines is 1. The summed E-state index contributed by atoms with van der Waals surface area (Å²) in [5.74, 6) is -2.25. The average molecular weight is 267 g/mol. The second-order valence-corrected chi connectivity index (χ2v) is 3.46. The summed E-state index contributed by atoms with van der Waals surface area (Å²) in [5, 5.41) is 0. The fraction of sp³-hybridized carbons (Fsp3) is 0.250. The molecule has 0 radical (unpaired) electrons. The molecule has 1 aromatic carbocycles. The highest BCUT2D eigenvalue weighted by Gasteiger charge is 2.22. The molecule has 0 amide bonds. The first kappa shape index (κ1) is 14.5. The number of methoxy groups -OCH3 is 3. The molecule has 19 heavy (non-hydrogen) atoms. The van der Waals surface area contributed by atoms with Crippen molar-refractivity contribution in [2.45, 2.75) is 0 Å². The summed E-state index contributed by atoms with van der Waals surface area (Å²) in [6, 6.07) is 2.39. The summed E-state index contributed by atoms with van der Waals surface area (Å²) in [7, 11) is 3.49. The first-order valence-corrected chi connectivity index (χ1v) is 5.14. The lowest BCUT2D eigenvalue weighted by Crippen LogP contribution is -2.15. The van der Waals surface area contributed by atoms with Crippen LogP contribution in [0, 0.1) is 0 Å². The molecule has 0 aliphatic rings. The molecule has 7 nitrogen and oxygen atoms in total. The van der Waals surface area contributed by atoms with E-state index < -0.39 is 17.9 Å². The number of esters is 3. The van der Waals surface area contributed by atoms with Gasteiger partial charge >= 0.3 is 17.9 Å². The van der Waals surface area contributed by atoms with Gasteiger partial charge in [0.2, 0.25) is 0 Å². The van der Waals surface area contributed by atoms with Crippen LogP contribution in [0.4, 0.5) is 5.69 Å². The Balaban J connectivity index is 3.51. The maximum atomic E-state index is 11.6. The third-order valence-electron chi connectivity index (χ3n) is 2.41. The smallest absolute Gasteiger partial charge is 0.340 e. The summed E-state index contributed by atoms with van der Waals surface area (Å²) in [5.41, 5.74) is 5.36. The zero-order chi connectivity index (χ0) is 14.6. The molecule has 0 aliphatic carbocycles. The monoisotopic (exact) mass is 267 g/mol. The molecule has 1 rings (SSSR count). The first-order chi connectivity index (χ1) is 8.96. The van der Waals surface area contributed by atoms with Gasteiger partial charge in [-0.1, -0.05) is 0 Å². The Bertz CT molecular complexity index is 500. The van der Waals surface area contributed by atoms with Crippen LogP contribution in [-0.2, 0) is 14.2 Å². The van der Waals surface area contributed by atoms with Crippen LogP contribution in [0.15, 0.2) is 12.1 Å². The van der Waals surface area contributed by atoms with E-state index in [1.165, 1.54) is 19.2 Å². The molecule has 0 aliphatic heterocycles. The molecular weight excluding hydrogens is 254 g/mol. The van der Waals surface area contributed by atoms with Crippen LogP contribution in [0.25, 0.3) is 0 Å². The van der Waals surface area contributed by atoms with Crippen LogP contribution in [0.2, 0.25) is 0 Å². The van der Waals surface area contributed by atoms with Gasteiger partial charge in [0.1, 0.15) is 0 Å². The number of hydrogen-bond acceptors (Lipinski definition) is 7. The minimum Gasteiger partial charge on any atom is -0.465 e. The summed E-state index contributed by atoms with van der Waals surface area (Å²) in [6.07, 6.45) is 0. The number of rotatable bonds is 3. The number of ether oxygens (including phenoxy) is 3. The SMILES string of the molecule is COC(=O)c1cc(C(=O)OC)c(N)c(C(=O)OC)c1. The maximum absolute atomic E-state index is 11.6. The fourth-order valence-electron chi connectivity index (χ4n) is 1.45. The lowest BCUT2D eigenvalue weighted by Gasteiger charge is -2.10. The van der Waals surface area contributed by atoms with Crippen LogP contribution >= 0.6 is 0 Å². The Morgan fingerprint density at radius 2 is 1.21 bits per heavy atom. The van der Waals surface area contributed by atoms with Gasteiger partial charge in [-0.3, -0.25) is 0 Å². The number of nitrogen functional groups attached to an aromatic ring is 1. The lowest BCUT2D eigenvalue weighted by atomic mass is 10.0. The Kier molecular flexibility index (Phi) is 4.46. The van der Waals surface area contributed by atoms with E-state index in [-0.39, 0.29) is 22.4 Å². The minimum atomic E-state index is -0.770. The van der Waals surface area contributed by atoms with Gasteiger partial charge in [0.05, 0.1) is 43.7 Å². The van der Waals surface area contributed by atoms with Crippen molar-refractivity contribution in [2.75, 3.05) is 27.1 Å². The zero-order valence-electron chi connectivity index (χ0n) is 10.7. The third-order valence-corrected chi connectivity index (χ3v) is 2.41. The van der Waals surface area contributed by atoms with Gasteiger partial charge in [0.25, 0.3) is 0 Å². The van der Waals surface area contributed by atoms with Crippen LogP contribution in [0.5, 0.6) is 0 Å². The second kappa shape index (κ2) is 5.85. The number of carbonyl (C=O) groups excluding carboxylic acids is 3. The van der Waals surface area contributed by atoms with E-state index in [0.717, 1.165) is 14.2 Å². The van der Waals surface area contributed by atoms with Crippen molar-refractivity contribution in [1.29, 1.82) is 0 Å². The molecule has 7 heteroatoms. The van der Waals surface area contributed by atoms with Crippen LogP contribution in [-0.4, -0.2) is 39.2 Å². The van der Waals surface area contributed by atoms with Crippen molar-refractivity contribution in [2.24, 2.45) is 0 Å². The van der Waals surface area contributed by atoms with E-state index in [1.54, 1.807) is 0 Å². The second-order valence-electron chi connectivity index (χ2n) is 3.46. The fourth-order valence-corrected chi connectivity index (χ4v) is 1.45. The van der Waals surface area contributed by atoms with Crippen LogP contribution < -0.4 is 5.73 Å². The molecule has 0 fully saturated rings. The van der Waals surface area contributed by atoms with E-state index in [0.29, 0.717) is 0 Å². The van der Waals surface area contributed by atoms with Crippen molar-refractivity contribution in [1.82, 2.24) is 0 Å². The number of hydrogen-bond donors (Lipinski definition) is 1. The predicted octanol–water partition coefficient (Wildman–Crippen LogP) is 0.629. The third kappa shape index (κ3) is 2.82. The molecule has 2 N–H and O–H groups in total. The molecule has 0 heterocycles. The van der Waals surface area contributed by atoms with Gasteiger partial charge < -0.3 is 19.9 Å². The standard InChI is InChI=1S/C12H13NO6/c1-17-10(14)6-4-7(11(15)18-2)9(13)8(5-6)12(16)19-3/h4-5H,13H2,1-3H3. The minimum absolute atomic E-state index is 0.00231. The van der Waals surface area contributed by atoms with Crippen molar-refractivity contribution >= 4 is 23.6 Å². The van der Waals surface area contributed by atoms with Crippen LogP contribution in [0.3, 0.4) is 0 Å². The maximum Gasteiger partial charge on any atom is 0.340 e. The van der Waals surface area contributed by atoms with Gasteiger partial charge in [-0.15, -0.1) is 0 Å². The Morgan fingerprint density at radius 3 is 1.53 bits per heavy atom. The van der Waals surface area contributed by atoms with E-state index >= 15 is 0 Å². The molecule has 1 aromatic rings. The van der Waals surface area contributed by atoms with Crippen molar-refractivity contribution in [3.63, 3.8) is 0 Å². The average Bonchev–Trinajstić information content (AvgIpc) is 2.44. The molecule has 0 atom stereocenters. The topological polar surface area (TPSA) is 105 Å². The lowest BCUT2D eigenvalue weighted by molar-refractivity contribution is 0.0599. The Morgan fingerprint density at radius 1 is 0.842 bits per heavy atom. The quantitative estimate of drug-likeness (QED) is 0.486. The van der Waals surface area contributed by atoms with Crippen molar-refractivity contribution < 1.29 is 28.6 Å². The highest BCUT2D eigenvalue weighted by molar-refractivity contribution is 6.06. The van der Waals surface area contributed by atoms with Gasteiger partial charge in [-0.2, -0.15) is 0 Å². The molecule has 102 valence electrons. The number of benzene rings is 1. The summed E-state index contributed by atoms with van der Waals surface area (Å²) in [4.78, 5) is 34.6. The normalized spacial score (nSPS) is 9.63. The summed E-state index contributed by atoms with van der Waals surface area (Å²) in [6.45, 7) is 0. The van der Waals surface area contributed by atoms with Crippen molar-refractivity contribution in [3.8, 4) is 0 Å². The van der Waals surface area contributed by atoms with E-state index in [2.05, 4.69) is 14.2 Å². The molecule has 0 saturated carbocycles. The number of carbonyl (C=O) groups is 3. The summed E-state index contributed by atoms with van der Waals surface area (Å²) < 4.78 is 13.6. The van der Waals surface area contributed by atoms with Crippen molar-refractivity contribution in [3.05, 3.63) is 28.8 Å². The van der Waals surface area contributed by atoms with E-state index in [9.17, 15) is 14.4 Å². The molecule has 0 aromatic heterocycles. The molecule has 0 spiro atoms. The highest BCUT2D eigenvalue weighted by atomic mass is 16.5. The molecule has 0 unspecified atom stereocenters. The first-order valence-electron chi connectivity index (χ1n) is 5.14. The van der Waals surface area contributed by atoms with E-state index in [1.807, 2.05) is 0 Å². The Labute approximate surface area is 109 Å². The largest absolute Gasteiger partial charge is 0.465 e. The zero-order valence-corrected chi connectivity index (χ0v) is 10.7. The molecular formula is C12H13NO6. The van der Waals surface area contributed by atoms with Crippen LogP contribution in [0.1, 0.15) is 31.1 Å². The Hall–Kier alpha value is -2.57. The summed E-state index contributed by atoms with van der Waals surface area (Å²) >= 11 is 0. The molecule has 0 saturated heterocycles. The van der Waals surface area contributed by atoms with Gasteiger partial charge in [-0.05, 0) is 12.1 Å². The predicted molar refractivity (Wildman–Crippen MR) is 64.9 cm³/mol. The van der Waals surface area contributed by atoms with Gasteiger partial charge in [0.15, 0.2) is 0 Å². The molecule has 0 bridgehead atoms. The number of nitrogens with two attached hydrogens (primary N) is 1. The van der Waals surface area contributed by atoms with Gasteiger partial charge in [-0.25, -0.2) is 14.4 Å². The highest BCUT2D eigenvalue weighted by Crippen LogP contribution is 2.22.